The Labute approximate surface area is 184 Å². The van der Waals surface area contributed by atoms with E-state index in [0.29, 0.717) is 4.88 Å². The number of thiophene rings is 1. The number of halogens is 1. The molecule has 5 rings (SSSR count). The first-order chi connectivity index (χ1) is 15.1. The number of nitrogens with one attached hydrogen (secondary N) is 1. The number of hydrogen-bond donors (Lipinski definition) is 1. The molecule has 1 aliphatic heterocycles. The van der Waals surface area contributed by atoms with Gasteiger partial charge in [0, 0.05) is 31.1 Å². The normalized spacial score (nSPS) is 16.8. The Morgan fingerprint density at radius 3 is 2.74 bits per heavy atom. The third-order valence-electron chi connectivity index (χ3n) is 5.70. The van der Waals surface area contributed by atoms with Gasteiger partial charge in [-0.25, -0.2) is 9.07 Å². The van der Waals surface area contributed by atoms with E-state index in [4.69, 9.17) is 0 Å². The molecule has 1 unspecified atom stereocenters. The number of nitrogens with zero attached hydrogens (tertiary/aromatic N) is 3. The first kappa shape index (κ1) is 19.9. The van der Waals surface area contributed by atoms with Gasteiger partial charge >= 0.3 is 0 Å². The summed E-state index contributed by atoms with van der Waals surface area (Å²) >= 11 is 1.42. The lowest BCUT2D eigenvalue weighted by atomic mass is 10.2. The fourth-order valence-corrected chi connectivity index (χ4v) is 5.19. The molecular formula is C24H23FN4OS. The van der Waals surface area contributed by atoms with Crippen molar-refractivity contribution in [2.75, 3.05) is 13.1 Å². The molecule has 31 heavy (non-hydrogen) atoms. The van der Waals surface area contributed by atoms with Gasteiger partial charge in [-0.05, 0) is 49.2 Å². The summed E-state index contributed by atoms with van der Waals surface area (Å²) in [5.41, 5.74) is 2.92. The standard InChI is InChI=1S/C24H23FN4OS/c1-16-21-13-22(31-24(21)29(27-16)20-9-7-18(25)8-10-20)23(30)26-19-11-12-28(15-19)14-17-5-3-2-4-6-17/h2-10,13,19H,11-12,14-15H2,1H3,(H,26,30). The van der Waals surface area contributed by atoms with Crippen LogP contribution >= 0.6 is 11.3 Å². The zero-order chi connectivity index (χ0) is 21.4. The fraction of sp³-hybridized carbons (Fsp3) is 0.250. The Bertz CT molecular complexity index is 1220. The van der Waals surface area contributed by atoms with E-state index in [1.807, 2.05) is 19.1 Å². The second-order valence-electron chi connectivity index (χ2n) is 7.98. The van der Waals surface area contributed by atoms with E-state index in [1.54, 1.807) is 16.8 Å². The molecule has 1 N–H and O–H groups in total. The number of aromatic nitrogens is 2. The van der Waals surface area contributed by atoms with Crippen molar-refractivity contribution < 1.29 is 9.18 Å². The van der Waals surface area contributed by atoms with Crippen LogP contribution in [0.15, 0.2) is 60.7 Å². The van der Waals surface area contributed by atoms with E-state index in [1.165, 1.54) is 29.0 Å². The smallest absolute Gasteiger partial charge is 0.261 e. The fourth-order valence-electron chi connectivity index (χ4n) is 4.11. The molecule has 1 saturated heterocycles. The highest BCUT2D eigenvalue weighted by Crippen LogP contribution is 2.30. The zero-order valence-electron chi connectivity index (χ0n) is 17.2. The van der Waals surface area contributed by atoms with Crippen LogP contribution in [0.4, 0.5) is 4.39 Å². The minimum Gasteiger partial charge on any atom is -0.347 e. The summed E-state index contributed by atoms with van der Waals surface area (Å²) in [6, 6.07) is 18.7. The monoisotopic (exact) mass is 434 g/mol. The van der Waals surface area contributed by atoms with E-state index in [0.717, 1.165) is 47.7 Å². The molecule has 4 aromatic rings. The Balaban J connectivity index is 1.29. The number of carbonyl (C=O) groups is 1. The van der Waals surface area contributed by atoms with Crippen molar-refractivity contribution in [3.05, 3.63) is 82.6 Å². The lowest BCUT2D eigenvalue weighted by molar-refractivity contribution is 0.0942. The summed E-state index contributed by atoms with van der Waals surface area (Å²) in [7, 11) is 0. The molecule has 0 radical (unpaired) electrons. The van der Waals surface area contributed by atoms with Crippen LogP contribution in [-0.4, -0.2) is 39.7 Å². The number of fused-ring (bicyclic) bond motifs is 1. The topological polar surface area (TPSA) is 50.2 Å². The van der Waals surface area contributed by atoms with Gasteiger partial charge in [-0.1, -0.05) is 30.3 Å². The summed E-state index contributed by atoms with van der Waals surface area (Å²) in [5.74, 6) is -0.328. The van der Waals surface area contributed by atoms with Crippen LogP contribution in [0.3, 0.4) is 0 Å². The van der Waals surface area contributed by atoms with Crippen molar-refractivity contribution in [3.8, 4) is 5.69 Å². The summed E-state index contributed by atoms with van der Waals surface area (Å²) in [5, 5.41) is 8.72. The highest BCUT2D eigenvalue weighted by Gasteiger charge is 2.25. The van der Waals surface area contributed by atoms with Crippen molar-refractivity contribution in [2.24, 2.45) is 0 Å². The number of likely N-dealkylation sites (tertiary alicyclic amines) is 1. The number of carbonyl (C=O) groups excluding carboxylic acids is 1. The summed E-state index contributed by atoms with van der Waals surface area (Å²) in [6.45, 7) is 4.66. The summed E-state index contributed by atoms with van der Waals surface area (Å²) in [6.07, 6.45) is 0.950. The molecule has 2 aromatic carbocycles. The molecule has 1 aliphatic rings. The molecule has 0 aliphatic carbocycles. The van der Waals surface area contributed by atoms with Crippen LogP contribution in [0.5, 0.6) is 0 Å². The molecule has 2 aromatic heterocycles. The molecule has 3 heterocycles. The van der Waals surface area contributed by atoms with Crippen molar-refractivity contribution >= 4 is 27.5 Å². The molecule has 7 heteroatoms. The lowest BCUT2D eigenvalue weighted by Gasteiger charge is -2.16. The van der Waals surface area contributed by atoms with E-state index >= 15 is 0 Å². The van der Waals surface area contributed by atoms with Gasteiger partial charge in [0.1, 0.15) is 10.6 Å². The van der Waals surface area contributed by atoms with Gasteiger partial charge in [0.15, 0.2) is 0 Å². The van der Waals surface area contributed by atoms with Gasteiger partial charge in [-0.3, -0.25) is 9.69 Å². The van der Waals surface area contributed by atoms with Crippen LogP contribution in [-0.2, 0) is 6.54 Å². The van der Waals surface area contributed by atoms with Gasteiger partial charge in [-0.2, -0.15) is 5.10 Å². The Morgan fingerprint density at radius 1 is 1.19 bits per heavy atom. The minimum absolute atomic E-state index is 0.0437. The second-order valence-corrected chi connectivity index (χ2v) is 9.01. The maximum atomic E-state index is 13.3. The van der Waals surface area contributed by atoms with Crippen molar-refractivity contribution in [3.63, 3.8) is 0 Å². The number of rotatable bonds is 5. The Morgan fingerprint density at radius 2 is 1.97 bits per heavy atom. The third kappa shape index (κ3) is 4.11. The maximum absolute atomic E-state index is 13.3. The molecule has 158 valence electrons. The van der Waals surface area contributed by atoms with Gasteiger partial charge in [-0.15, -0.1) is 11.3 Å². The average molecular weight is 435 g/mol. The first-order valence-corrected chi connectivity index (χ1v) is 11.2. The van der Waals surface area contributed by atoms with Gasteiger partial charge < -0.3 is 5.32 Å². The number of benzene rings is 2. The minimum atomic E-state index is -0.284. The SMILES string of the molecule is Cc1nn(-c2ccc(F)cc2)c2sc(C(=O)NC3CCN(Cc4ccccc4)C3)cc12. The van der Waals surface area contributed by atoms with Crippen molar-refractivity contribution in [1.82, 2.24) is 20.0 Å². The largest absolute Gasteiger partial charge is 0.347 e. The van der Waals surface area contributed by atoms with Crippen LogP contribution in [0.25, 0.3) is 15.9 Å². The molecule has 0 saturated carbocycles. The second kappa shape index (κ2) is 8.24. The van der Waals surface area contributed by atoms with E-state index in [-0.39, 0.29) is 17.8 Å². The predicted molar refractivity (Wildman–Crippen MR) is 121 cm³/mol. The Hall–Kier alpha value is -3.03. The van der Waals surface area contributed by atoms with Crippen LogP contribution in [0.1, 0.15) is 27.3 Å². The molecule has 1 fully saturated rings. The number of hydrogen-bond acceptors (Lipinski definition) is 4. The molecule has 5 nitrogen and oxygen atoms in total. The maximum Gasteiger partial charge on any atom is 0.261 e. The summed E-state index contributed by atoms with van der Waals surface area (Å²) in [4.78, 5) is 16.9. The molecule has 1 amide bonds. The van der Waals surface area contributed by atoms with Gasteiger partial charge in [0.2, 0.25) is 0 Å². The average Bonchev–Trinajstić information content (AvgIpc) is 3.47. The van der Waals surface area contributed by atoms with E-state index < -0.39 is 0 Å². The molecule has 0 spiro atoms. The lowest BCUT2D eigenvalue weighted by Crippen LogP contribution is -2.36. The third-order valence-corrected chi connectivity index (χ3v) is 6.81. The van der Waals surface area contributed by atoms with Crippen LogP contribution in [0, 0.1) is 12.7 Å². The Kier molecular flexibility index (Phi) is 5.29. The number of aryl methyl sites for hydroxylation is 1. The molecule has 1 atom stereocenters. The van der Waals surface area contributed by atoms with Gasteiger partial charge in [0.25, 0.3) is 5.91 Å². The number of amides is 1. The summed E-state index contributed by atoms with van der Waals surface area (Å²) < 4.78 is 15.1. The van der Waals surface area contributed by atoms with Crippen LogP contribution in [0.2, 0.25) is 0 Å². The highest BCUT2D eigenvalue weighted by atomic mass is 32.1. The van der Waals surface area contributed by atoms with Crippen LogP contribution < -0.4 is 5.32 Å². The van der Waals surface area contributed by atoms with Crippen molar-refractivity contribution in [1.29, 1.82) is 0 Å². The zero-order valence-corrected chi connectivity index (χ0v) is 18.0. The van der Waals surface area contributed by atoms with Crippen molar-refractivity contribution in [2.45, 2.75) is 25.9 Å². The van der Waals surface area contributed by atoms with E-state index in [9.17, 15) is 9.18 Å². The molecular weight excluding hydrogens is 411 g/mol. The highest BCUT2D eigenvalue weighted by molar-refractivity contribution is 7.20. The predicted octanol–water partition coefficient (Wildman–Crippen LogP) is 4.54. The quantitative estimate of drug-likeness (QED) is 0.502. The molecule has 0 bridgehead atoms. The van der Waals surface area contributed by atoms with E-state index in [2.05, 4.69) is 39.6 Å². The first-order valence-electron chi connectivity index (χ1n) is 10.4. The van der Waals surface area contributed by atoms with Gasteiger partial charge in [0.05, 0.1) is 16.3 Å².